The average Bonchev–Trinajstić information content (AvgIpc) is 2.41. The molecular weight excluding hydrogens is 230 g/mol. The summed E-state index contributed by atoms with van der Waals surface area (Å²) >= 11 is 6.12. The van der Waals surface area contributed by atoms with Crippen LogP contribution in [0.3, 0.4) is 0 Å². The fourth-order valence-corrected chi connectivity index (χ4v) is 1.81. The molecule has 2 aromatic rings. The average molecular weight is 244 g/mol. The molecule has 2 rings (SSSR count). The Bertz CT molecular complexity index is 477. The van der Waals surface area contributed by atoms with Gasteiger partial charge in [-0.05, 0) is 12.0 Å². The first-order valence-corrected chi connectivity index (χ1v) is 6.03. The third-order valence-electron chi connectivity index (χ3n) is 2.51. The zero-order valence-electron chi connectivity index (χ0n) is 9.51. The van der Waals surface area contributed by atoms with Gasteiger partial charge in [-0.3, -0.25) is 4.99 Å². The van der Waals surface area contributed by atoms with Gasteiger partial charge >= 0.3 is 0 Å². The third kappa shape index (κ3) is 3.72. The van der Waals surface area contributed by atoms with Crippen LogP contribution in [0.15, 0.2) is 65.7 Å². The molecule has 0 aliphatic rings. The second-order valence-corrected chi connectivity index (χ2v) is 4.13. The molecule has 0 spiro atoms. The molecule has 0 bridgehead atoms. The van der Waals surface area contributed by atoms with Crippen molar-refractivity contribution in [2.75, 3.05) is 6.54 Å². The van der Waals surface area contributed by atoms with Gasteiger partial charge in [0.05, 0.1) is 0 Å². The van der Waals surface area contributed by atoms with Gasteiger partial charge in [0.15, 0.2) is 0 Å². The van der Waals surface area contributed by atoms with Gasteiger partial charge in [0.25, 0.3) is 0 Å². The van der Waals surface area contributed by atoms with Gasteiger partial charge in [0.2, 0.25) is 0 Å². The highest BCUT2D eigenvalue weighted by molar-refractivity contribution is 6.69. The van der Waals surface area contributed by atoms with E-state index in [-0.39, 0.29) is 0 Å². The predicted molar refractivity (Wildman–Crippen MR) is 73.8 cm³/mol. The number of hydrogen-bond acceptors (Lipinski definition) is 1. The lowest BCUT2D eigenvalue weighted by molar-refractivity contribution is 0.972. The molecule has 0 fully saturated rings. The van der Waals surface area contributed by atoms with Gasteiger partial charge in [-0.15, -0.1) is 0 Å². The summed E-state index contributed by atoms with van der Waals surface area (Å²) < 4.78 is 0. The first-order chi connectivity index (χ1) is 8.36. The summed E-state index contributed by atoms with van der Waals surface area (Å²) in [6.45, 7) is 0.720. The van der Waals surface area contributed by atoms with Crippen molar-refractivity contribution in [3.8, 4) is 0 Å². The highest BCUT2D eigenvalue weighted by atomic mass is 35.5. The monoisotopic (exact) mass is 243 g/mol. The molecule has 0 N–H and O–H groups in total. The summed E-state index contributed by atoms with van der Waals surface area (Å²) in [6.07, 6.45) is 0.921. The fourth-order valence-electron chi connectivity index (χ4n) is 1.59. The summed E-state index contributed by atoms with van der Waals surface area (Å²) in [6, 6.07) is 20.1. The Kier molecular flexibility index (Phi) is 4.34. The zero-order valence-corrected chi connectivity index (χ0v) is 10.3. The molecule has 0 aliphatic heterocycles. The largest absolute Gasteiger partial charge is 0.272 e. The predicted octanol–water partition coefficient (Wildman–Crippen LogP) is 3.91. The Morgan fingerprint density at radius 3 is 2.12 bits per heavy atom. The van der Waals surface area contributed by atoms with E-state index in [1.165, 1.54) is 5.56 Å². The molecule has 86 valence electrons. The summed E-state index contributed by atoms with van der Waals surface area (Å²) in [5.74, 6) is 0. The van der Waals surface area contributed by atoms with E-state index in [0.29, 0.717) is 5.17 Å². The highest BCUT2D eigenvalue weighted by Gasteiger charge is 1.97. The lowest BCUT2D eigenvalue weighted by Crippen LogP contribution is -1.95. The zero-order chi connectivity index (χ0) is 11.9. The Labute approximate surface area is 107 Å². The minimum absolute atomic E-state index is 0.585. The Morgan fingerprint density at radius 2 is 1.47 bits per heavy atom. The van der Waals surface area contributed by atoms with Crippen molar-refractivity contribution < 1.29 is 0 Å². The van der Waals surface area contributed by atoms with Gasteiger partial charge < -0.3 is 0 Å². The SMILES string of the molecule is ClC(=NCCc1ccccc1)c1ccccc1. The molecule has 0 saturated heterocycles. The molecule has 0 amide bonds. The Morgan fingerprint density at radius 1 is 0.882 bits per heavy atom. The third-order valence-corrected chi connectivity index (χ3v) is 2.84. The highest BCUT2D eigenvalue weighted by Crippen LogP contribution is 2.06. The number of halogens is 1. The van der Waals surface area contributed by atoms with E-state index >= 15 is 0 Å². The van der Waals surface area contributed by atoms with Crippen LogP contribution >= 0.6 is 11.6 Å². The van der Waals surface area contributed by atoms with Crippen molar-refractivity contribution in [3.05, 3.63) is 71.8 Å². The van der Waals surface area contributed by atoms with E-state index in [2.05, 4.69) is 17.1 Å². The molecule has 0 atom stereocenters. The molecule has 0 aliphatic carbocycles. The van der Waals surface area contributed by atoms with Crippen LogP contribution in [0.25, 0.3) is 0 Å². The first kappa shape index (κ1) is 11.9. The van der Waals surface area contributed by atoms with Crippen LogP contribution < -0.4 is 0 Å². The molecule has 0 aromatic heterocycles. The summed E-state index contributed by atoms with van der Waals surface area (Å²) in [5, 5.41) is 0.585. The molecule has 0 unspecified atom stereocenters. The van der Waals surface area contributed by atoms with Gasteiger partial charge in [-0.2, -0.15) is 0 Å². The number of nitrogens with zero attached hydrogens (tertiary/aromatic N) is 1. The lowest BCUT2D eigenvalue weighted by atomic mass is 10.1. The number of hydrogen-bond donors (Lipinski definition) is 0. The molecule has 2 heteroatoms. The van der Waals surface area contributed by atoms with Gasteiger partial charge in [0, 0.05) is 12.1 Å². The van der Waals surface area contributed by atoms with E-state index in [4.69, 9.17) is 11.6 Å². The Balaban J connectivity index is 1.93. The van der Waals surface area contributed by atoms with Gasteiger partial charge in [0.1, 0.15) is 5.17 Å². The van der Waals surface area contributed by atoms with Crippen molar-refractivity contribution in [2.45, 2.75) is 6.42 Å². The van der Waals surface area contributed by atoms with Crippen molar-refractivity contribution in [3.63, 3.8) is 0 Å². The molecule has 0 heterocycles. The molecule has 0 radical (unpaired) electrons. The van der Waals surface area contributed by atoms with Crippen LogP contribution in [0.5, 0.6) is 0 Å². The van der Waals surface area contributed by atoms with Crippen molar-refractivity contribution >= 4 is 16.8 Å². The molecule has 2 aromatic carbocycles. The van der Waals surface area contributed by atoms with Gasteiger partial charge in [-0.25, -0.2) is 0 Å². The molecular formula is C15H14ClN. The minimum Gasteiger partial charge on any atom is -0.272 e. The van der Waals surface area contributed by atoms with E-state index in [9.17, 15) is 0 Å². The quantitative estimate of drug-likeness (QED) is 0.722. The van der Waals surface area contributed by atoms with Crippen LogP contribution in [-0.4, -0.2) is 11.7 Å². The topological polar surface area (TPSA) is 12.4 Å². The summed E-state index contributed by atoms with van der Waals surface area (Å²) in [4.78, 5) is 4.37. The van der Waals surface area contributed by atoms with Crippen molar-refractivity contribution in [1.29, 1.82) is 0 Å². The second kappa shape index (κ2) is 6.21. The van der Waals surface area contributed by atoms with Crippen LogP contribution in [0, 0.1) is 0 Å². The van der Waals surface area contributed by atoms with E-state index in [1.54, 1.807) is 0 Å². The summed E-state index contributed by atoms with van der Waals surface area (Å²) in [7, 11) is 0. The normalized spacial score (nSPS) is 11.5. The standard InChI is InChI=1S/C15H14ClN/c16-15(14-9-5-2-6-10-14)17-12-11-13-7-3-1-4-8-13/h1-10H,11-12H2. The molecule has 0 saturated carbocycles. The molecule has 17 heavy (non-hydrogen) atoms. The van der Waals surface area contributed by atoms with Crippen molar-refractivity contribution in [2.24, 2.45) is 4.99 Å². The van der Waals surface area contributed by atoms with E-state index in [1.807, 2.05) is 48.5 Å². The Hall–Kier alpha value is -1.60. The number of rotatable bonds is 4. The van der Waals surface area contributed by atoms with Crippen molar-refractivity contribution in [1.82, 2.24) is 0 Å². The van der Waals surface area contributed by atoms with Crippen LogP contribution in [0.2, 0.25) is 0 Å². The smallest absolute Gasteiger partial charge is 0.130 e. The van der Waals surface area contributed by atoms with E-state index < -0.39 is 0 Å². The lowest BCUT2D eigenvalue weighted by Gasteiger charge is -1.99. The summed E-state index contributed by atoms with van der Waals surface area (Å²) in [5.41, 5.74) is 2.26. The maximum atomic E-state index is 6.12. The fraction of sp³-hybridized carbons (Fsp3) is 0.133. The number of aliphatic imine (C=N–C) groups is 1. The maximum Gasteiger partial charge on any atom is 0.130 e. The van der Waals surface area contributed by atoms with Crippen LogP contribution in [-0.2, 0) is 6.42 Å². The molecule has 1 nitrogen and oxygen atoms in total. The second-order valence-electron chi connectivity index (χ2n) is 3.77. The minimum atomic E-state index is 0.585. The number of benzene rings is 2. The van der Waals surface area contributed by atoms with Gasteiger partial charge in [-0.1, -0.05) is 72.3 Å². The first-order valence-electron chi connectivity index (χ1n) is 5.65. The van der Waals surface area contributed by atoms with Crippen LogP contribution in [0.1, 0.15) is 11.1 Å². The maximum absolute atomic E-state index is 6.12. The van der Waals surface area contributed by atoms with E-state index in [0.717, 1.165) is 18.5 Å². The van der Waals surface area contributed by atoms with Crippen LogP contribution in [0.4, 0.5) is 0 Å².